The average Bonchev–Trinajstić information content (AvgIpc) is 2.94. The van der Waals surface area contributed by atoms with Crippen molar-refractivity contribution in [3.63, 3.8) is 0 Å². The van der Waals surface area contributed by atoms with Crippen LogP contribution in [-0.2, 0) is 32.5 Å². The Bertz CT molecular complexity index is 1060. The second kappa shape index (κ2) is 14.2. The monoisotopic (exact) mass is 537 g/mol. The summed E-state index contributed by atoms with van der Waals surface area (Å²) in [7, 11) is 0. The van der Waals surface area contributed by atoms with Crippen LogP contribution in [0.25, 0.3) is 0 Å². The van der Waals surface area contributed by atoms with E-state index < -0.39 is 12.0 Å². The zero-order chi connectivity index (χ0) is 27.7. The molecule has 3 aliphatic heterocycles. The number of ether oxygens (including phenoxy) is 2. The number of unbranched alkanes of at least 4 members (excludes halogenated alkanes) is 2. The topological polar surface area (TPSA) is 83.9 Å². The number of likely N-dealkylation sites (tertiary alicyclic amines) is 1. The number of aliphatic carboxylic acids is 1. The number of carbonyl (C=O) groups is 1. The van der Waals surface area contributed by atoms with Gasteiger partial charge in [-0.3, -0.25) is 9.69 Å². The SMILES string of the molecule is CC.CC1(c2ccccc2C(C(=O)O)N2CC(OCCCCCc3ccc4c(n3)NCCC4)C2)CCOCC1. The van der Waals surface area contributed by atoms with Gasteiger partial charge in [-0.25, -0.2) is 4.98 Å². The predicted molar refractivity (Wildman–Crippen MR) is 155 cm³/mol. The maximum atomic E-state index is 12.4. The first-order chi connectivity index (χ1) is 19.0. The van der Waals surface area contributed by atoms with Crippen LogP contribution < -0.4 is 5.32 Å². The highest BCUT2D eigenvalue weighted by Gasteiger charge is 2.41. The van der Waals surface area contributed by atoms with Crippen LogP contribution in [0.3, 0.4) is 0 Å². The van der Waals surface area contributed by atoms with E-state index in [1.165, 1.54) is 17.7 Å². The summed E-state index contributed by atoms with van der Waals surface area (Å²) in [6.07, 6.45) is 8.49. The lowest BCUT2D eigenvalue weighted by Crippen LogP contribution is -2.55. The number of pyridine rings is 1. The molecule has 1 aromatic carbocycles. The normalized spacial score (nSPS) is 19.6. The molecule has 0 radical (unpaired) electrons. The number of nitrogens with one attached hydrogen (secondary N) is 1. The molecule has 3 aliphatic rings. The van der Waals surface area contributed by atoms with Gasteiger partial charge in [0.25, 0.3) is 0 Å². The van der Waals surface area contributed by atoms with E-state index in [1.54, 1.807) is 0 Å². The first-order valence-corrected chi connectivity index (χ1v) is 15.0. The molecule has 0 bridgehead atoms. The fourth-order valence-corrected chi connectivity index (χ4v) is 5.99. The lowest BCUT2D eigenvalue weighted by Gasteiger charge is -2.44. The summed E-state index contributed by atoms with van der Waals surface area (Å²) in [4.78, 5) is 19.2. The fourth-order valence-electron chi connectivity index (χ4n) is 5.99. The molecule has 2 fully saturated rings. The molecule has 7 nitrogen and oxygen atoms in total. The third-order valence-corrected chi connectivity index (χ3v) is 8.36. The number of aryl methyl sites for hydroxylation is 2. The Hall–Kier alpha value is -2.48. The van der Waals surface area contributed by atoms with E-state index in [-0.39, 0.29) is 11.5 Å². The van der Waals surface area contributed by atoms with Crippen LogP contribution >= 0.6 is 0 Å². The molecule has 1 aromatic heterocycles. The first kappa shape index (κ1) is 29.5. The van der Waals surface area contributed by atoms with Crippen LogP contribution in [0.2, 0.25) is 0 Å². The number of hydrogen-bond acceptors (Lipinski definition) is 6. The van der Waals surface area contributed by atoms with Crippen molar-refractivity contribution in [1.82, 2.24) is 9.88 Å². The number of hydrogen-bond donors (Lipinski definition) is 2. The standard InChI is InChI=1S/C30H41N3O4.C2H6/c1-30(14-18-36-19-15-30)26-11-5-4-10-25(26)27(29(34)35)33-20-24(21-33)37-17-6-2-3-9-23-13-12-22-8-7-16-31-28(22)32-23;1-2/h4-5,10-13,24,27H,2-3,6-9,14-21H2,1H3,(H,31,32)(H,34,35);1-2H3. The number of nitrogens with zero attached hydrogens (tertiary/aromatic N) is 2. The number of carboxylic acids is 1. The van der Waals surface area contributed by atoms with E-state index in [0.717, 1.165) is 88.3 Å². The van der Waals surface area contributed by atoms with Gasteiger partial charge in [0.15, 0.2) is 0 Å². The zero-order valence-electron chi connectivity index (χ0n) is 24.1. The molecule has 214 valence electrons. The van der Waals surface area contributed by atoms with Crippen molar-refractivity contribution in [2.75, 3.05) is 44.8 Å². The molecule has 0 amide bonds. The largest absolute Gasteiger partial charge is 0.480 e. The summed E-state index contributed by atoms with van der Waals surface area (Å²) in [5.41, 5.74) is 4.53. The molecule has 4 heterocycles. The van der Waals surface area contributed by atoms with Crippen LogP contribution in [-0.4, -0.2) is 66.5 Å². The smallest absolute Gasteiger partial charge is 0.325 e. The third kappa shape index (κ3) is 7.38. The fraction of sp³-hybridized carbons (Fsp3) is 0.625. The Kier molecular flexibility index (Phi) is 10.8. The van der Waals surface area contributed by atoms with Crippen LogP contribution in [0.1, 0.15) is 87.7 Å². The van der Waals surface area contributed by atoms with Crippen LogP contribution in [0, 0.1) is 0 Å². The number of rotatable bonds is 11. The number of anilines is 1. The summed E-state index contributed by atoms with van der Waals surface area (Å²) in [6, 6.07) is 11.9. The summed E-state index contributed by atoms with van der Waals surface area (Å²) >= 11 is 0. The number of aromatic nitrogens is 1. The van der Waals surface area contributed by atoms with Gasteiger partial charge >= 0.3 is 5.97 Å². The van der Waals surface area contributed by atoms with E-state index in [4.69, 9.17) is 14.5 Å². The number of benzene rings is 1. The molecule has 7 heteroatoms. The second-order valence-corrected chi connectivity index (χ2v) is 11.1. The Morgan fingerprint density at radius 2 is 1.92 bits per heavy atom. The van der Waals surface area contributed by atoms with Crippen LogP contribution in [0.5, 0.6) is 0 Å². The molecule has 0 aliphatic carbocycles. The van der Waals surface area contributed by atoms with Crippen molar-refractivity contribution >= 4 is 11.8 Å². The van der Waals surface area contributed by atoms with Gasteiger partial charge in [-0.15, -0.1) is 0 Å². The number of carboxylic acid groups (broad SMARTS) is 1. The molecule has 2 saturated heterocycles. The maximum absolute atomic E-state index is 12.4. The highest BCUT2D eigenvalue weighted by molar-refractivity contribution is 5.76. The van der Waals surface area contributed by atoms with Gasteiger partial charge in [-0.2, -0.15) is 0 Å². The van der Waals surface area contributed by atoms with Gasteiger partial charge in [0, 0.05) is 45.1 Å². The Labute approximate surface area is 234 Å². The second-order valence-electron chi connectivity index (χ2n) is 11.1. The van der Waals surface area contributed by atoms with Gasteiger partial charge in [0.2, 0.25) is 0 Å². The number of fused-ring (bicyclic) bond motifs is 1. The highest BCUT2D eigenvalue weighted by Crippen LogP contribution is 2.40. The average molecular weight is 538 g/mol. The van der Waals surface area contributed by atoms with Crippen LogP contribution in [0.4, 0.5) is 5.82 Å². The van der Waals surface area contributed by atoms with E-state index in [0.29, 0.717) is 13.1 Å². The van der Waals surface area contributed by atoms with Crippen molar-refractivity contribution in [3.05, 3.63) is 58.8 Å². The van der Waals surface area contributed by atoms with Crippen molar-refractivity contribution in [2.45, 2.75) is 89.7 Å². The summed E-state index contributed by atoms with van der Waals surface area (Å²) < 4.78 is 11.7. The molecule has 5 rings (SSSR count). The molecule has 1 atom stereocenters. The molecular weight excluding hydrogens is 490 g/mol. The molecule has 2 N–H and O–H groups in total. The molecule has 1 unspecified atom stereocenters. The van der Waals surface area contributed by atoms with Crippen molar-refractivity contribution in [1.29, 1.82) is 0 Å². The molecule has 2 aromatic rings. The Morgan fingerprint density at radius 3 is 2.69 bits per heavy atom. The quantitative estimate of drug-likeness (QED) is 0.352. The lowest BCUT2D eigenvalue weighted by atomic mass is 9.73. The summed E-state index contributed by atoms with van der Waals surface area (Å²) in [5, 5.41) is 13.6. The maximum Gasteiger partial charge on any atom is 0.325 e. The summed E-state index contributed by atoms with van der Waals surface area (Å²) in [6.45, 7) is 10.8. The first-order valence-electron chi connectivity index (χ1n) is 15.0. The van der Waals surface area contributed by atoms with E-state index in [9.17, 15) is 9.90 Å². The minimum Gasteiger partial charge on any atom is -0.480 e. The molecule has 39 heavy (non-hydrogen) atoms. The van der Waals surface area contributed by atoms with Crippen molar-refractivity contribution in [3.8, 4) is 0 Å². The summed E-state index contributed by atoms with van der Waals surface area (Å²) in [5.74, 6) is 0.290. The zero-order valence-corrected chi connectivity index (χ0v) is 24.1. The van der Waals surface area contributed by atoms with Gasteiger partial charge in [0.05, 0.1) is 6.10 Å². The molecular formula is C32H47N3O4. The third-order valence-electron chi connectivity index (χ3n) is 8.36. The minimum absolute atomic E-state index is 0.0472. The minimum atomic E-state index is -0.785. The lowest BCUT2D eigenvalue weighted by molar-refractivity contribution is -0.151. The van der Waals surface area contributed by atoms with E-state index in [1.807, 2.05) is 36.9 Å². The van der Waals surface area contributed by atoms with Gasteiger partial charge in [-0.1, -0.05) is 57.5 Å². The van der Waals surface area contributed by atoms with Gasteiger partial charge in [-0.05, 0) is 73.1 Å². The van der Waals surface area contributed by atoms with E-state index >= 15 is 0 Å². The van der Waals surface area contributed by atoms with Gasteiger partial charge < -0.3 is 19.9 Å². The van der Waals surface area contributed by atoms with E-state index in [2.05, 4.69) is 30.4 Å². The van der Waals surface area contributed by atoms with Crippen molar-refractivity contribution in [2.24, 2.45) is 0 Å². The Balaban J connectivity index is 0.00000172. The Morgan fingerprint density at radius 1 is 1.15 bits per heavy atom. The predicted octanol–water partition coefficient (Wildman–Crippen LogP) is 5.77. The highest BCUT2D eigenvalue weighted by atomic mass is 16.5. The van der Waals surface area contributed by atoms with Crippen molar-refractivity contribution < 1.29 is 19.4 Å². The molecule has 0 saturated carbocycles. The molecule has 0 spiro atoms. The van der Waals surface area contributed by atoms with Crippen LogP contribution in [0.15, 0.2) is 36.4 Å². The van der Waals surface area contributed by atoms with Gasteiger partial charge in [0.1, 0.15) is 11.9 Å².